The van der Waals surface area contributed by atoms with E-state index < -0.39 is 12.1 Å². The van der Waals surface area contributed by atoms with Crippen molar-refractivity contribution in [2.24, 2.45) is 4.99 Å². The van der Waals surface area contributed by atoms with Crippen molar-refractivity contribution >= 4 is 6.21 Å². The van der Waals surface area contributed by atoms with Crippen molar-refractivity contribution in [2.75, 3.05) is 14.2 Å². The highest BCUT2D eigenvalue weighted by atomic mass is 16.6. The molecule has 0 radical (unpaired) electrons. The van der Waals surface area contributed by atoms with E-state index in [0.29, 0.717) is 5.75 Å². The highest BCUT2D eigenvalue weighted by molar-refractivity contribution is 5.80. The zero-order valence-corrected chi connectivity index (χ0v) is 13.9. The lowest BCUT2D eigenvalue weighted by molar-refractivity contribution is -0.522. The molecule has 0 unspecified atom stereocenters. The minimum atomic E-state index is -0.840. The van der Waals surface area contributed by atoms with Crippen molar-refractivity contribution < 1.29 is 14.4 Å². The van der Waals surface area contributed by atoms with Gasteiger partial charge in [-0.3, -0.25) is 15.1 Å². The molecule has 2 rings (SSSR count). The summed E-state index contributed by atoms with van der Waals surface area (Å²) in [4.78, 5) is 15.4. The fourth-order valence-electron chi connectivity index (χ4n) is 2.26. The van der Waals surface area contributed by atoms with Crippen LogP contribution in [0.4, 0.5) is 0 Å². The van der Waals surface area contributed by atoms with Crippen LogP contribution in [0.2, 0.25) is 0 Å². The molecule has 0 bridgehead atoms. The zero-order chi connectivity index (χ0) is 17.5. The average molecular weight is 328 g/mol. The second kappa shape index (κ2) is 8.10. The van der Waals surface area contributed by atoms with E-state index in [1.165, 1.54) is 0 Å². The molecule has 0 N–H and O–H groups in total. The predicted molar refractivity (Wildman–Crippen MR) is 92.8 cm³/mol. The van der Waals surface area contributed by atoms with Gasteiger partial charge in [-0.1, -0.05) is 12.1 Å². The first kappa shape index (κ1) is 17.5. The van der Waals surface area contributed by atoms with Gasteiger partial charge in [-0.05, 0) is 47.5 Å². The van der Waals surface area contributed by atoms with Gasteiger partial charge in [0.1, 0.15) is 17.5 Å². The first-order valence-corrected chi connectivity index (χ1v) is 7.50. The molecule has 6 nitrogen and oxygen atoms in total. The molecule has 0 aliphatic heterocycles. The van der Waals surface area contributed by atoms with E-state index in [9.17, 15) is 10.1 Å². The van der Waals surface area contributed by atoms with Gasteiger partial charge in [0, 0.05) is 18.1 Å². The third kappa shape index (κ3) is 4.32. The Labute approximate surface area is 140 Å². The molecule has 0 saturated heterocycles. The summed E-state index contributed by atoms with van der Waals surface area (Å²) in [6.07, 6.45) is 1.65. The van der Waals surface area contributed by atoms with Crippen molar-refractivity contribution in [3.63, 3.8) is 0 Å². The molecule has 2 aromatic rings. The van der Waals surface area contributed by atoms with Crippen LogP contribution < -0.4 is 9.47 Å². The van der Waals surface area contributed by atoms with Crippen molar-refractivity contribution in [2.45, 2.75) is 19.0 Å². The lowest BCUT2D eigenvalue weighted by Crippen LogP contribution is -2.23. The van der Waals surface area contributed by atoms with Gasteiger partial charge in [0.15, 0.2) is 0 Å². The number of benzene rings is 2. The number of methoxy groups -OCH3 is 2. The van der Waals surface area contributed by atoms with Crippen LogP contribution in [0.1, 0.15) is 24.1 Å². The number of aliphatic imine (C=N–C) groups is 1. The molecule has 0 amide bonds. The molecule has 6 heteroatoms. The number of nitro groups is 1. The SMILES string of the molecule is COc1ccc(C=N[C@@H](c2ccc(OC)cc2)[C@H](C)[N+](=O)[O-])cc1. The number of ether oxygens (including phenoxy) is 2. The Balaban J connectivity index is 2.27. The number of nitrogens with zero attached hydrogens (tertiary/aromatic N) is 2. The summed E-state index contributed by atoms with van der Waals surface area (Å²) in [7, 11) is 3.18. The Kier molecular flexibility index (Phi) is 5.89. The molecular formula is C18H20N2O4. The Morgan fingerprint density at radius 2 is 1.50 bits per heavy atom. The Bertz CT molecular complexity index is 696. The van der Waals surface area contributed by atoms with Crippen LogP contribution in [0, 0.1) is 10.1 Å². The number of hydrogen-bond donors (Lipinski definition) is 0. The molecule has 0 aliphatic rings. The van der Waals surface area contributed by atoms with Crippen molar-refractivity contribution in [3.8, 4) is 11.5 Å². The fraction of sp³-hybridized carbons (Fsp3) is 0.278. The van der Waals surface area contributed by atoms with Gasteiger partial charge in [0.2, 0.25) is 6.04 Å². The molecule has 0 fully saturated rings. The van der Waals surface area contributed by atoms with Crippen molar-refractivity contribution in [1.82, 2.24) is 0 Å². The molecule has 2 aromatic carbocycles. The van der Waals surface area contributed by atoms with E-state index in [4.69, 9.17) is 9.47 Å². The van der Waals surface area contributed by atoms with E-state index >= 15 is 0 Å². The minimum Gasteiger partial charge on any atom is -0.497 e. The molecule has 2 atom stereocenters. The Hall–Kier alpha value is -2.89. The third-order valence-corrected chi connectivity index (χ3v) is 3.75. The molecule has 0 aromatic heterocycles. The largest absolute Gasteiger partial charge is 0.497 e. The van der Waals surface area contributed by atoms with E-state index in [2.05, 4.69) is 4.99 Å². The topological polar surface area (TPSA) is 74.0 Å². The number of hydrogen-bond acceptors (Lipinski definition) is 5. The van der Waals surface area contributed by atoms with Gasteiger partial charge in [-0.25, -0.2) is 0 Å². The van der Waals surface area contributed by atoms with Crippen LogP contribution in [0.25, 0.3) is 0 Å². The highest BCUT2D eigenvalue weighted by Crippen LogP contribution is 2.25. The monoisotopic (exact) mass is 328 g/mol. The van der Waals surface area contributed by atoms with Crippen molar-refractivity contribution in [3.05, 3.63) is 69.8 Å². The van der Waals surface area contributed by atoms with Gasteiger partial charge < -0.3 is 9.47 Å². The minimum absolute atomic E-state index is 0.319. The number of rotatable bonds is 7. The molecule has 126 valence electrons. The van der Waals surface area contributed by atoms with Gasteiger partial charge >= 0.3 is 0 Å². The second-order valence-corrected chi connectivity index (χ2v) is 5.30. The lowest BCUT2D eigenvalue weighted by Gasteiger charge is -2.15. The summed E-state index contributed by atoms with van der Waals surface area (Å²) in [5.74, 6) is 1.45. The second-order valence-electron chi connectivity index (χ2n) is 5.30. The summed E-state index contributed by atoms with van der Waals surface area (Å²) >= 11 is 0. The predicted octanol–water partition coefficient (Wildman–Crippen LogP) is 3.53. The van der Waals surface area contributed by atoms with E-state index in [0.717, 1.165) is 16.9 Å². The van der Waals surface area contributed by atoms with Crippen LogP contribution in [0.15, 0.2) is 53.5 Å². The smallest absolute Gasteiger partial charge is 0.236 e. The van der Waals surface area contributed by atoms with E-state index in [1.54, 1.807) is 51.6 Å². The van der Waals surface area contributed by atoms with Gasteiger partial charge in [-0.2, -0.15) is 0 Å². The summed E-state index contributed by atoms with van der Waals surface area (Å²) < 4.78 is 10.2. The first-order chi connectivity index (χ1) is 11.5. The molecule has 0 heterocycles. The molecular weight excluding hydrogens is 308 g/mol. The maximum absolute atomic E-state index is 11.2. The summed E-state index contributed by atoms with van der Waals surface area (Å²) in [5, 5.41) is 11.2. The summed E-state index contributed by atoms with van der Waals surface area (Å²) in [5.41, 5.74) is 1.62. The maximum Gasteiger partial charge on any atom is 0.236 e. The molecule has 0 spiro atoms. The van der Waals surface area contributed by atoms with Crippen LogP contribution in [-0.4, -0.2) is 31.4 Å². The summed E-state index contributed by atoms with van der Waals surface area (Å²) in [6.45, 7) is 1.56. The summed E-state index contributed by atoms with van der Waals surface area (Å²) in [6, 6.07) is 13.1. The van der Waals surface area contributed by atoms with Gasteiger partial charge in [-0.15, -0.1) is 0 Å². The van der Waals surface area contributed by atoms with Crippen LogP contribution in [0.5, 0.6) is 11.5 Å². The Morgan fingerprint density at radius 3 is 1.96 bits per heavy atom. The third-order valence-electron chi connectivity index (χ3n) is 3.75. The van der Waals surface area contributed by atoms with E-state index in [1.807, 2.05) is 24.3 Å². The van der Waals surface area contributed by atoms with Gasteiger partial charge in [0.05, 0.1) is 14.2 Å². The van der Waals surface area contributed by atoms with Crippen LogP contribution >= 0.6 is 0 Å². The fourth-order valence-corrected chi connectivity index (χ4v) is 2.26. The Morgan fingerprint density at radius 1 is 1.00 bits per heavy atom. The van der Waals surface area contributed by atoms with E-state index in [-0.39, 0.29) is 4.92 Å². The molecule has 24 heavy (non-hydrogen) atoms. The first-order valence-electron chi connectivity index (χ1n) is 7.50. The molecule has 0 saturated carbocycles. The van der Waals surface area contributed by atoms with Crippen LogP contribution in [-0.2, 0) is 0 Å². The van der Waals surface area contributed by atoms with Gasteiger partial charge in [0.25, 0.3) is 0 Å². The molecule has 0 aliphatic carbocycles. The van der Waals surface area contributed by atoms with Crippen molar-refractivity contribution in [1.29, 1.82) is 0 Å². The van der Waals surface area contributed by atoms with Crippen LogP contribution in [0.3, 0.4) is 0 Å². The standard InChI is InChI=1S/C18H20N2O4/c1-13(20(21)22)18(15-6-10-17(24-3)11-7-15)19-12-14-4-8-16(23-2)9-5-14/h4-13,18H,1-3H3/t13-,18+/m0/s1. The normalized spacial score (nSPS) is 13.5. The zero-order valence-electron chi connectivity index (χ0n) is 13.9. The highest BCUT2D eigenvalue weighted by Gasteiger charge is 2.27. The lowest BCUT2D eigenvalue weighted by atomic mass is 10.0. The average Bonchev–Trinajstić information content (AvgIpc) is 2.62. The quantitative estimate of drug-likeness (QED) is 0.443. The maximum atomic E-state index is 11.2.